The molecule has 3 rings (SSSR count). The molecule has 2 aromatic heterocycles. The van der Waals surface area contributed by atoms with Crippen LogP contribution in [-0.2, 0) is 18.8 Å². The van der Waals surface area contributed by atoms with Crippen molar-refractivity contribution in [3.8, 4) is 0 Å². The Morgan fingerprint density at radius 1 is 1.22 bits per heavy atom. The van der Waals surface area contributed by atoms with Crippen molar-refractivity contribution < 1.29 is 23.1 Å². The second-order valence-corrected chi connectivity index (χ2v) is 6.68. The molecule has 1 aromatic carbocycles. The van der Waals surface area contributed by atoms with Crippen molar-refractivity contribution in [3.05, 3.63) is 53.5 Å². The van der Waals surface area contributed by atoms with Crippen LogP contribution in [0.5, 0.6) is 0 Å². The Morgan fingerprint density at radius 3 is 2.56 bits per heavy atom. The number of benzene rings is 1. The van der Waals surface area contributed by atoms with Gasteiger partial charge >= 0.3 is 6.18 Å². The number of alkyl halides is 3. The van der Waals surface area contributed by atoms with Gasteiger partial charge in [0.1, 0.15) is 11.4 Å². The molecule has 0 aliphatic rings. The van der Waals surface area contributed by atoms with Crippen LogP contribution in [0.15, 0.2) is 36.5 Å². The number of aromatic nitrogens is 3. The van der Waals surface area contributed by atoms with Crippen LogP contribution in [0, 0.1) is 0 Å². The van der Waals surface area contributed by atoms with Gasteiger partial charge in [-0.25, -0.2) is 4.98 Å². The summed E-state index contributed by atoms with van der Waals surface area (Å²) in [7, 11) is 1.73. The molecule has 0 atom stereocenters. The summed E-state index contributed by atoms with van der Waals surface area (Å²) in [6, 6.07) is 6.34. The zero-order chi connectivity index (χ0) is 20.0. The molecule has 0 spiro atoms. The topological polar surface area (TPSA) is 80.0 Å². The first-order valence-electron chi connectivity index (χ1n) is 8.01. The maximum atomic E-state index is 12.8. The SMILES string of the molecule is Cn1cc2cc(NC(=O)c3cccc(C(F)(F)F)n3)c(C(C)(C)O)cc2n1. The Labute approximate surface area is 152 Å². The summed E-state index contributed by atoms with van der Waals surface area (Å²) in [6.45, 7) is 3.07. The minimum absolute atomic E-state index is 0.271. The van der Waals surface area contributed by atoms with Crippen LogP contribution in [-0.4, -0.2) is 25.8 Å². The molecule has 0 unspecified atom stereocenters. The smallest absolute Gasteiger partial charge is 0.386 e. The van der Waals surface area contributed by atoms with Gasteiger partial charge in [-0.15, -0.1) is 0 Å². The number of nitrogens with zero attached hydrogens (tertiary/aromatic N) is 3. The lowest BCUT2D eigenvalue weighted by Gasteiger charge is -2.22. The van der Waals surface area contributed by atoms with E-state index in [9.17, 15) is 23.1 Å². The van der Waals surface area contributed by atoms with E-state index in [0.29, 0.717) is 16.5 Å². The van der Waals surface area contributed by atoms with Gasteiger partial charge in [0.15, 0.2) is 0 Å². The van der Waals surface area contributed by atoms with E-state index in [-0.39, 0.29) is 11.4 Å². The molecule has 0 fully saturated rings. The molecule has 0 saturated carbocycles. The summed E-state index contributed by atoms with van der Waals surface area (Å²) < 4.78 is 40.0. The summed E-state index contributed by atoms with van der Waals surface area (Å²) >= 11 is 0. The standard InChI is InChI=1S/C18H17F3N4O2/c1-17(2,27)11-8-13-10(9-25(3)24-13)7-14(11)23-16(26)12-5-4-6-15(22-12)18(19,20)21/h4-9,27H,1-3H3,(H,23,26). The first-order chi connectivity index (χ1) is 12.4. The lowest BCUT2D eigenvalue weighted by atomic mass is 9.95. The van der Waals surface area contributed by atoms with E-state index in [1.807, 2.05) is 0 Å². The third-order valence-corrected chi connectivity index (χ3v) is 3.94. The molecule has 1 amide bonds. The van der Waals surface area contributed by atoms with Crippen LogP contribution in [0.4, 0.5) is 18.9 Å². The molecule has 142 valence electrons. The lowest BCUT2D eigenvalue weighted by molar-refractivity contribution is -0.141. The summed E-state index contributed by atoms with van der Waals surface area (Å²) in [5.41, 5.74) is -1.57. The van der Waals surface area contributed by atoms with Gasteiger partial charge in [-0.1, -0.05) is 6.07 Å². The number of aliphatic hydroxyl groups is 1. The van der Waals surface area contributed by atoms with E-state index in [1.165, 1.54) is 19.9 Å². The van der Waals surface area contributed by atoms with Gasteiger partial charge in [0.05, 0.1) is 11.1 Å². The van der Waals surface area contributed by atoms with E-state index >= 15 is 0 Å². The van der Waals surface area contributed by atoms with E-state index in [1.54, 1.807) is 30.1 Å². The third-order valence-electron chi connectivity index (χ3n) is 3.94. The number of halogens is 3. The Hall–Kier alpha value is -2.94. The first-order valence-corrected chi connectivity index (χ1v) is 8.01. The normalized spacial score (nSPS) is 12.4. The molecule has 0 saturated heterocycles. The van der Waals surface area contributed by atoms with Gasteiger partial charge in [-0.2, -0.15) is 18.3 Å². The molecule has 0 radical (unpaired) electrons. The Bertz CT molecular complexity index is 1020. The van der Waals surface area contributed by atoms with Crippen LogP contribution < -0.4 is 5.32 Å². The van der Waals surface area contributed by atoms with Crippen molar-refractivity contribution in [3.63, 3.8) is 0 Å². The summed E-state index contributed by atoms with van der Waals surface area (Å²) in [4.78, 5) is 15.9. The fourth-order valence-corrected chi connectivity index (χ4v) is 2.71. The number of carbonyl (C=O) groups is 1. The molecule has 9 heteroatoms. The number of pyridine rings is 1. The second-order valence-electron chi connectivity index (χ2n) is 6.68. The van der Waals surface area contributed by atoms with Crippen molar-refractivity contribution in [1.29, 1.82) is 0 Å². The Kier molecular flexibility index (Phi) is 4.43. The van der Waals surface area contributed by atoms with Crippen molar-refractivity contribution in [2.45, 2.75) is 25.6 Å². The molecule has 27 heavy (non-hydrogen) atoms. The number of fused-ring (bicyclic) bond motifs is 1. The van der Waals surface area contributed by atoms with Crippen LogP contribution in [0.1, 0.15) is 35.6 Å². The minimum Gasteiger partial charge on any atom is -0.386 e. The van der Waals surface area contributed by atoms with Crippen LogP contribution in [0.2, 0.25) is 0 Å². The molecule has 2 heterocycles. The van der Waals surface area contributed by atoms with Crippen molar-refractivity contribution in [2.24, 2.45) is 7.05 Å². The molecule has 3 aromatic rings. The Morgan fingerprint density at radius 2 is 1.93 bits per heavy atom. The lowest BCUT2D eigenvalue weighted by Crippen LogP contribution is -2.22. The third kappa shape index (κ3) is 3.92. The zero-order valence-electron chi connectivity index (χ0n) is 14.8. The largest absolute Gasteiger partial charge is 0.433 e. The summed E-state index contributed by atoms with van der Waals surface area (Å²) in [6.07, 6.45) is -2.93. The van der Waals surface area contributed by atoms with Gasteiger partial charge in [0, 0.05) is 29.9 Å². The van der Waals surface area contributed by atoms with Crippen molar-refractivity contribution >= 4 is 22.5 Å². The number of nitrogens with one attached hydrogen (secondary N) is 1. The molecule has 0 aliphatic heterocycles. The van der Waals surface area contributed by atoms with Crippen LogP contribution in [0.25, 0.3) is 10.9 Å². The van der Waals surface area contributed by atoms with E-state index < -0.39 is 23.4 Å². The molecule has 6 nitrogen and oxygen atoms in total. The predicted octanol–water partition coefficient (Wildman–Crippen LogP) is 3.47. The highest BCUT2D eigenvalue weighted by molar-refractivity contribution is 6.04. The maximum Gasteiger partial charge on any atom is 0.433 e. The number of aryl methyl sites for hydroxylation is 1. The van der Waals surface area contributed by atoms with E-state index in [2.05, 4.69) is 15.4 Å². The fraction of sp³-hybridized carbons (Fsp3) is 0.278. The fourth-order valence-electron chi connectivity index (χ4n) is 2.71. The molecular weight excluding hydrogens is 361 g/mol. The monoisotopic (exact) mass is 378 g/mol. The first kappa shape index (κ1) is 18.8. The summed E-state index contributed by atoms with van der Waals surface area (Å²) in [5.74, 6) is -0.810. The highest BCUT2D eigenvalue weighted by Gasteiger charge is 2.33. The zero-order valence-corrected chi connectivity index (χ0v) is 14.8. The van der Waals surface area contributed by atoms with E-state index in [4.69, 9.17) is 0 Å². The van der Waals surface area contributed by atoms with Gasteiger partial charge in [-0.3, -0.25) is 9.48 Å². The average molecular weight is 378 g/mol. The van der Waals surface area contributed by atoms with Crippen LogP contribution in [0.3, 0.4) is 0 Å². The number of carbonyl (C=O) groups excluding carboxylic acids is 1. The van der Waals surface area contributed by atoms with Crippen molar-refractivity contribution in [1.82, 2.24) is 14.8 Å². The maximum absolute atomic E-state index is 12.8. The summed E-state index contributed by atoms with van der Waals surface area (Å²) in [5, 5.41) is 17.9. The highest BCUT2D eigenvalue weighted by Crippen LogP contribution is 2.32. The number of amides is 1. The average Bonchev–Trinajstić information content (AvgIpc) is 2.91. The minimum atomic E-state index is -4.65. The van der Waals surface area contributed by atoms with E-state index in [0.717, 1.165) is 12.1 Å². The van der Waals surface area contributed by atoms with Gasteiger partial charge in [-0.05, 0) is 38.1 Å². The van der Waals surface area contributed by atoms with Gasteiger partial charge < -0.3 is 10.4 Å². The highest BCUT2D eigenvalue weighted by atomic mass is 19.4. The number of rotatable bonds is 3. The molecule has 0 aliphatic carbocycles. The van der Waals surface area contributed by atoms with Crippen molar-refractivity contribution in [2.75, 3.05) is 5.32 Å². The number of hydrogen-bond acceptors (Lipinski definition) is 4. The van der Waals surface area contributed by atoms with Gasteiger partial charge in [0.25, 0.3) is 5.91 Å². The molecule has 0 bridgehead atoms. The number of hydrogen-bond donors (Lipinski definition) is 2. The second kappa shape index (κ2) is 6.34. The Balaban J connectivity index is 2.02. The quantitative estimate of drug-likeness (QED) is 0.731. The van der Waals surface area contributed by atoms with Crippen LogP contribution >= 0.6 is 0 Å². The predicted molar refractivity (Wildman–Crippen MR) is 93.2 cm³/mol. The molecular formula is C18H17F3N4O2. The van der Waals surface area contributed by atoms with Gasteiger partial charge in [0.2, 0.25) is 0 Å². The molecule has 2 N–H and O–H groups in total. The number of anilines is 1.